The van der Waals surface area contributed by atoms with Crippen molar-refractivity contribution in [2.45, 2.75) is 0 Å². The highest BCUT2D eigenvalue weighted by Crippen LogP contribution is 2.19. The van der Waals surface area contributed by atoms with Gasteiger partial charge in [0.15, 0.2) is 6.19 Å². The maximum absolute atomic E-state index is 11.1. The van der Waals surface area contributed by atoms with Crippen molar-refractivity contribution in [2.24, 2.45) is 0 Å². The Hall–Kier alpha value is -1.05. The second-order valence-electron chi connectivity index (χ2n) is 2.22. The molecule has 1 N–H and O–H groups in total. The summed E-state index contributed by atoms with van der Waals surface area (Å²) in [6, 6.07) is 4.72. The summed E-state index contributed by atoms with van der Waals surface area (Å²) in [7, 11) is 0. The van der Waals surface area contributed by atoms with Gasteiger partial charge in [0.05, 0.1) is 0 Å². The Kier molecular flexibility index (Phi) is 3.29. The van der Waals surface area contributed by atoms with Crippen LogP contribution in [-0.4, -0.2) is 5.91 Å². The van der Waals surface area contributed by atoms with E-state index >= 15 is 0 Å². The zero-order valence-electron chi connectivity index (χ0n) is 6.34. The molecule has 0 unspecified atom stereocenters. The van der Waals surface area contributed by atoms with Crippen molar-refractivity contribution in [2.75, 3.05) is 0 Å². The van der Waals surface area contributed by atoms with Gasteiger partial charge >= 0.3 is 0 Å². The van der Waals surface area contributed by atoms with Gasteiger partial charge < -0.3 is 0 Å². The predicted octanol–water partition coefficient (Wildman–Crippen LogP) is 2.31. The third kappa shape index (κ3) is 2.72. The lowest BCUT2D eigenvalue weighted by atomic mass is 10.2. The number of carbonyl (C=O) groups is 1. The maximum Gasteiger partial charge on any atom is 0.264 e. The van der Waals surface area contributed by atoms with E-state index in [1.807, 2.05) is 5.32 Å². The first-order chi connectivity index (χ1) is 6.13. The number of amides is 1. The molecule has 0 aliphatic rings. The van der Waals surface area contributed by atoms with Crippen LogP contribution in [0.4, 0.5) is 0 Å². The van der Waals surface area contributed by atoms with Crippen LogP contribution in [-0.2, 0) is 0 Å². The second kappa shape index (κ2) is 4.26. The van der Waals surface area contributed by atoms with E-state index in [-0.39, 0.29) is 0 Å². The molecule has 0 aliphatic carbocycles. The molecule has 1 amide bonds. The van der Waals surface area contributed by atoms with Crippen molar-refractivity contribution in [1.82, 2.24) is 5.32 Å². The molecule has 0 fully saturated rings. The molecule has 0 aliphatic heterocycles. The van der Waals surface area contributed by atoms with Crippen molar-refractivity contribution in [1.29, 1.82) is 5.26 Å². The van der Waals surface area contributed by atoms with E-state index in [0.717, 1.165) is 0 Å². The molecular weight excluding hydrogens is 255 g/mol. The van der Waals surface area contributed by atoms with Gasteiger partial charge in [-0.15, -0.1) is 0 Å². The van der Waals surface area contributed by atoms with Crippen molar-refractivity contribution in [3.63, 3.8) is 0 Å². The SMILES string of the molecule is N#CNC(=O)c1cc(Cl)cc(Br)c1. The molecule has 0 heterocycles. The average molecular weight is 259 g/mol. The highest BCUT2D eigenvalue weighted by atomic mass is 79.9. The Bertz CT molecular complexity index is 366. The molecule has 1 rings (SSSR count). The number of nitrogens with zero attached hydrogens (tertiary/aromatic N) is 1. The van der Waals surface area contributed by atoms with Gasteiger partial charge in [0, 0.05) is 15.1 Å². The Morgan fingerprint density at radius 1 is 1.54 bits per heavy atom. The number of nitriles is 1. The van der Waals surface area contributed by atoms with Crippen LogP contribution in [0.1, 0.15) is 10.4 Å². The van der Waals surface area contributed by atoms with Crippen LogP contribution >= 0.6 is 27.5 Å². The van der Waals surface area contributed by atoms with Crippen LogP contribution in [0, 0.1) is 11.5 Å². The Morgan fingerprint density at radius 3 is 2.77 bits per heavy atom. The number of rotatable bonds is 1. The van der Waals surface area contributed by atoms with Gasteiger partial charge in [0.2, 0.25) is 0 Å². The molecule has 13 heavy (non-hydrogen) atoms. The van der Waals surface area contributed by atoms with Crippen molar-refractivity contribution in [3.8, 4) is 6.19 Å². The minimum absolute atomic E-state index is 0.348. The summed E-state index contributed by atoms with van der Waals surface area (Å²) in [6.45, 7) is 0. The summed E-state index contributed by atoms with van der Waals surface area (Å²) in [5, 5.41) is 10.7. The smallest absolute Gasteiger partial charge is 0.264 e. The standard InChI is InChI=1S/C8H4BrClN2O/c9-6-1-5(2-7(10)3-6)8(13)12-4-11/h1-3H,(H,12,13). The fraction of sp³-hybridized carbons (Fsp3) is 0. The van der Waals surface area contributed by atoms with Crippen LogP contribution in [0.25, 0.3) is 0 Å². The summed E-state index contributed by atoms with van der Waals surface area (Å²) < 4.78 is 0.697. The number of benzene rings is 1. The second-order valence-corrected chi connectivity index (χ2v) is 3.58. The molecule has 66 valence electrons. The number of halogens is 2. The van der Waals surface area contributed by atoms with E-state index in [0.29, 0.717) is 15.1 Å². The van der Waals surface area contributed by atoms with Gasteiger partial charge in [-0.3, -0.25) is 10.1 Å². The van der Waals surface area contributed by atoms with E-state index in [4.69, 9.17) is 16.9 Å². The third-order valence-corrected chi connectivity index (χ3v) is 1.97. The minimum atomic E-state index is -0.467. The molecule has 0 saturated carbocycles. The van der Waals surface area contributed by atoms with Gasteiger partial charge in [0.1, 0.15) is 0 Å². The summed E-state index contributed by atoms with van der Waals surface area (Å²) in [5.74, 6) is -0.467. The van der Waals surface area contributed by atoms with E-state index < -0.39 is 5.91 Å². The van der Waals surface area contributed by atoms with Gasteiger partial charge in [0.25, 0.3) is 5.91 Å². The largest absolute Gasteiger partial charge is 0.268 e. The first-order valence-corrected chi connectivity index (χ1v) is 4.46. The van der Waals surface area contributed by atoms with Crippen LogP contribution in [0.15, 0.2) is 22.7 Å². The summed E-state index contributed by atoms with van der Waals surface area (Å²) in [4.78, 5) is 11.1. The zero-order valence-corrected chi connectivity index (χ0v) is 8.69. The van der Waals surface area contributed by atoms with E-state index in [9.17, 15) is 4.79 Å². The quantitative estimate of drug-likeness (QED) is 0.621. The van der Waals surface area contributed by atoms with Crippen LogP contribution in [0.3, 0.4) is 0 Å². The van der Waals surface area contributed by atoms with Gasteiger partial charge in [-0.2, -0.15) is 5.26 Å². The van der Waals surface area contributed by atoms with Crippen molar-refractivity contribution in [3.05, 3.63) is 33.3 Å². The summed E-state index contributed by atoms with van der Waals surface area (Å²) in [6.07, 6.45) is 1.55. The summed E-state index contributed by atoms with van der Waals surface area (Å²) >= 11 is 8.89. The molecular formula is C8H4BrClN2O. The van der Waals surface area contributed by atoms with Crippen LogP contribution in [0.2, 0.25) is 5.02 Å². The highest BCUT2D eigenvalue weighted by Gasteiger charge is 2.06. The van der Waals surface area contributed by atoms with Crippen LogP contribution < -0.4 is 5.32 Å². The molecule has 1 aromatic rings. The molecule has 0 atom stereocenters. The predicted molar refractivity (Wildman–Crippen MR) is 52.2 cm³/mol. The Morgan fingerprint density at radius 2 is 2.23 bits per heavy atom. The molecule has 1 aromatic carbocycles. The Labute approximate surface area is 88.4 Å². The average Bonchev–Trinajstić information content (AvgIpc) is 2.03. The molecule has 5 heteroatoms. The highest BCUT2D eigenvalue weighted by molar-refractivity contribution is 9.10. The molecule has 0 spiro atoms. The number of carbonyl (C=O) groups excluding carboxylic acids is 1. The van der Waals surface area contributed by atoms with Gasteiger partial charge in [-0.05, 0) is 18.2 Å². The van der Waals surface area contributed by atoms with Gasteiger partial charge in [-0.1, -0.05) is 27.5 Å². The van der Waals surface area contributed by atoms with Crippen molar-refractivity contribution < 1.29 is 4.79 Å². The molecule has 0 aromatic heterocycles. The monoisotopic (exact) mass is 258 g/mol. The van der Waals surface area contributed by atoms with E-state index in [1.165, 1.54) is 6.07 Å². The zero-order chi connectivity index (χ0) is 9.84. The first kappa shape index (κ1) is 10.0. The van der Waals surface area contributed by atoms with Crippen molar-refractivity contribution >= 4 is 33.4 Å². The summed E-state index contributed by atoms with van der Waals surface area (Å²) in [5.41, 5.74) is 0.348. The molecule has 0 radical (unpaired) electrons. The normalized spacial score (nSPS) is 9.00. The number of hydrogen-bond donors (Lipinski definition) is 1. The molecule has 0 bridgehead atoms. The third-order valence-electron chi connectivity index (χ3n) is 1.29. The van der Waals surface area contributed by atoms with Gasteiger partial charge in [-0.25, -0.2) is 0 Å². The molecule has 3 nitrogen and oxygen atoms in total. The Balaban J connectivity index is 3.02. The maximum atomic E-state index is 11.1. The fourth-order valence-electron chi connectivity index (χ4n) is 0.808. The number of nitrogens with one attached hydrogen (secondary N) is 1. The van der Waals surface area contributed by atoms with E-state index in [1.54, 1.807) is 18.3 Å². The lowest BCUT2D eigenvalue weighted by molar-refractivity contribution is 0.0973. The molecule has 0 saturated heterocycles. The number of hydrogen-bond acceptors (Lipinski definition) is 2. The lowest BCUT2D eigenvalue weighted by Crippen LogP contribution is -2.17. The van der Waals surface area contributed by atoms with Crippen LogP contribution in [0.5, 0.6) is 0 Å². The minimum Gasteiger partial charge on any atom is -0.268 e. The van der Waals surface area contributed by atoms with E-state index in [2.05, 4.69) is 15.9 Å². The fourth-order valence-corrected chi connectivity index (χ4v) is 1.67. The first-order valence-electron chi connectivity index (χ1n) is 3.29. The lowest BCUT2D eigenvalue weighted by Gasteiger charge is -1.99. The topological polar surface area (TPSA) is 52.9 Å².